The molecule has 0 saturated carbocycles. The third-order valence-electron chi connectivity index (χ3n) is 1.20. The summed E-state index contributed by atoms with van der Waals surface area (Å²) in [4.78, 5) is 3.01. The van der Waals surface area contributed by atoms with Gasteiger partial charge in [0.15, 0.2) is 0 Å². The first-order chi connectivity index (χ1) is 4.88. The van der Waals surface area contributed by atoms with Gasteiger partial charge in [-0.15, -0.1) is 0 Å². The highest BCUT2D eigenvalue weighted by Crippen LogP contribution is 2.06. The summed E-state index contributed by atoms with van der Waals surface area (Å²) >= 11 is 2.15. The minimum atomic E-state index is 0.924. The first-order valence-electron chi connectivity index (χ1n) is 2.83. The maximum atomic E-state index is 7.00. The highest BCUT2D eigenvalue weighted by Gasteiger charge is 1.93. The van der Waals surface area contributed by atoms with Crippen LogP contribution in [0.1, 0.15) is 11.3 Å². The number of nitrogens with one attached hydrogen (secondary N) is 2. The molecular weight excluding hydrogens is 239 g/mol. The monoisotopic (exact) mass is 246 g/mol. The zero-order chi connectivity index (χ0) is 7.40. The van der Waals surface area contributed by atoms with Crippen LogP contribution in [0.2, 0.25) is 0 Å². The summed E-state index contributed by atoms with van der Waals surface area (Å²) in [6.45, 7) is 0. The molecule has 2 nitrogen and oxygen atoms in total. The molecule has 0 bridgehead atoms. The molecular formula is C7H7IN2. The lowest BCUT2D eigenvalue weighted by molar-refractivity contribution is 1.37. The summed E-state index contributed by atoms with van der Waals surface area (Å²) in [5.41, 5.74) is 1.91. The molecule has 0 aromatic carbocycles. The number of aromatic nitrogens is 1. The van der Waals surface area contributed by atoms with Crippen molar-refractivity contribution < 1.29 is 0 Å². The fourth-order valence-electron chi connectivity index (χ4n) is 0.728. The molecule has 1 heterocycles. The maximum absolute atomic E-state index is 7.00. The summed E-state index contributed by atoms with van der Waals surface area (Å²) in [5.74, 6) is 0. The third kappa shape index (κ3) is 1.47. The Hall–Kier alpha value is -0.580. The number of aromatic amines is 1. The van der Waals surface area contributed by atoms with Gasteiger partial charge in [0.1, 0.15) is 0 Å². The van der Waals surface area contributed by atoms with E-state index in [4.69, 9.17) is 5.41 Å². The van der Waals surface area contributed by atoms with Crippen molar-refractivity contribution >= 4 is 34.9 Å². The van der Waals surface area contributed by atoms with Crippen molar-refractivity contribution in [2.24, 2.45) is 0 Å². The Morgan fingerprint density at radius 1 is 1.60 bits per heavy atom. The molecule has 1 aromatic rings. The predicted octanol–water partition coefficient (Wildman–Crippen LogP) is 2.42. The standard InChI is InChI=1S/C7H7IN2/c8-3-1-7-6(5-9)2-4-10-7/h1-5,9-10H/b3-1-,9-5?. The second kappa shape index (κ2) is 3.55. The van der Waals surface area contributed by atoms with E-state index in [-0.39, 0.29) is 0 Å². The average Bonchev–Trinajstić information content (AvgIpc) is 2.36. The second-order valence-electron chi connectivity index (χ2n) is 1.78. The van der Waals surface area contributed by atoms with Gasteiger partial charge in [-0.25, -0.2) is 0 Å². The molecule has 1 aromatic heterocycles. The minimum Gasteiger partial charge on any atom is -0.361 e. The Kier molecular flexibility index (Phi) is 2.68. The molecule has 2 N–H and O–H groups in total. The van der Waals surface area contributed by atoms with Gasteiger partial charge in [-0.05, 0) is 16.2 Å². The van der Waals surface area contributed by atoms with Gasteiger partial charge >= 0.3 is 0 Å². The van der Waals surface area contributed by atoms with Crippen LogP contribution in [0.3, 0.4) is 0 Å². The molecule has 52 valence electrons. The number of halogens is 1. The zero-order valence-electron chi connectivity index (χ0n) is 5.26. The lowest BCUT2D eigenvalue weighted by Gasteiger charge is -1.86. The molecule has 10 heavy (non-hydrogen) atoms. The van der Waals surface area contributed by atoms with E-state index in [9.17, 15) is 0 Å². The third-order valence-corrected chi connectivity index (χ3v) is 1.56. The van der Waals surface area contributed by atoms with Crippen molar-refractivity contribution in [2.75, 3.05) is 0 Å². The van der Waals surface area contributed by atoms with Gasteiger partial charge in [0, 0.05) is 23.7 Å². The molecule has 0 amide bonds. The van der Waals surface area contributed by atoms with Crippen LogP contribution in [-0.2, 0) is 0 Å². The van der Waals surface area contributed by atoms with Crippen LogP contribution < -0.4 is 0 Å². The van der Waals surface area contributed by atoms with Crippen molar-refractivity contribution in [3.05, 3.63) is 27.6 Å². The normalized spacial score (nSPS) is 10.5. The van der Waals surface area contributed by atoms with Crippen LogP contribution in [-0.4, -0.2) is 11.2 Å². The molecule has 3 heteroatoms. The SMILES string of the molecule is N=Cc1cc[nH]c1/C=C\I. The molecule has 0 aliphatic carbocycles. The van der Waals surface area contributed by atoms with Gasteiger partial charge in [0.2, 0.25) is 0 Å². The van der Waals surface area contributed by atoms with Crippen LogP contribution in [0.4, 0.5) is 0 Å². The van der Waals surface area contributed by atoms with Gasteiger partial charge in [-0.1, -0.05) is 22.6 Å². The van der Waals surface area contributed by atoms with Crippen molar-refractivity contribution in [1.29, 1.82) is 5.41 Å². The van der Waals surface area contributed by atoms with E-state index < -0.39 is 0 Å². The Labute approximate surface area is 73.0 Å². The molecule has 0 fully saturated rings. The summed E-state index contributed by atoms with van der Waals surface area (Å²) < 4.78 is 1.91. The number of rotatable bonds is 2. The van der Waals surface area contributed by atoms with Crippen LogP contribution in [0.5, 0.6) is 0 Å². The number of hydrogen-bond donors (Lipinski definition) is 2. The quantitative estimate of drug-likeness (QED) is 0.594. The Morgan fingerprint density at radius 3 is 3.00 bits per heavy atom. The van der Waals surface area contributed by atoms with E-state index >= 15 is 0 Å². The molecule has 0 spiro atoms. The van der Waals surface area contributed by atoms with Gasteiger partial charge in [0.25, 0.3) is 0 Å². The Bertz CT molecular complexity index is 250. The van der Waals surface area contributed by atoms with Crippen LogP contribution in [0.25, 0.3) is 6.08 Å². The van der Waals surface area contributed by atoms with E-state index in [2.05, 4.69) is 27.6 Å². The summed E-state index contributed by atoms with van der Waals surface area (Å²) in [5, 5.41) is 7.00. The molecule has 0 aliphatic heterocycles. The number of hydrogen-bond acceptors (Lipinski definition) is 1. The van der Waals surface area contributed by atoms with Gasteiger partial charge in [-0.3, -0.25) is 0 Å². The molecule has 1 rings (SSSR count). The van der Waals surface area contributed by atoms with Crippen molar-refractivity contribution in [1.82, 2.24) is 4.98 Å². The largest absolute Gasteiger partial charge is 0.361 e. The summed E-state index contributed by atoms with van der Waals surface area (Å²) in [6, 6.07) is 1.87. The van der Waals surface area contributed by atoms with Crippen molar-refractivity contribution in [3.63, 3.8) is 0 Å². The first-order valence-corrected chi connectivity index (χ1v) is 4.07. The lowest BCUT2D eigenvalue weighted by atomic mass is 10.2. The van der Waals surface area contributed by atoms with Gasteiger partial charge in [0.05, 0.1) is 0 Å². The van der Waals surface area contributed by atoms with Gasteiger partial charge in [-0.2, -0.15) is 0 Å². The predicted molar refractivity (Wildman–Crippen MR) is 51.7 cm³/mol. The highest BCUT2D eigenvalue weighted by molar-refractivity contribution is 14.1. The molecule has 0 radical (unpaired) electrons. The van der Waals surface area contributed by atoms with E-state index in [0.717, 1.165) is 11.3 Å². The topological polar surface area (TPSA) is 39.6 Å². The molecule has 0 atom stereocenters. The Balaban J connectivity index is 3.00. The molecule has 0 aliphatic rings. The van der Waals surface area contributed by atoms with Gasteiger partial charge < -0.3 is 10.4 Å². The molecule has 0 unspecified atom stereocenters. The smallest absolute Gasteiger partial charge is 0.0473 e. The zero-order valence-corrected chi connectivity index (χ0v) is 7.42. The van der Waals surface area contributed by atoms with Crippen LogP contribution in [0, 0.1) is 5.41 Å². The van der Waals surface area contributed by atoms with Crippen LogP contribution >= 0.6 is 22.6 Å². The lowest BCUT2D eigenvalue weighted by Crippen LogP contribution is -1.78. The maximum Gasteiger partial charge on any atom is 0.0473 e. The second-order valence-corrected chi connectivity index (χ2v) is 2.50. The highest BCUT2D eigenvalue weighted by atomic mass is 127. The van der Waals surface area contributed by atoms with E-state index in [0.29, 0.717) is 0 Å². The van der Waals surface area contributed by atoms with E-state index in [1.54, 1.807) is 0 Å². The van der Waals surface area contributed by atoms with E-state index in [1.165, 1.54) is 6.21 Å². The van der Waals surface area contributed by atoms with Crippen molar-refractivity contribution in [3.8, 4) is 0 Å². The van der Waals surface area contributed by atoms with E-state index in [1.807, 2.05) is 22.4 Å². The average molecular weight is 246 g/mol. The number of H-pyrrole nitrogens is 1. The summed E-state index contributed by atoms with van der Waals surface area (Å²) in [7, 11) is 0. The fourth-order valence-corrected chi connectivity index (χ4v) is 1.09. The minimum absolute atomic E-state index is 0.924. The Morgan fingerprint density at radius 2 is 2.40 bits per heavy atom. The summed E-state index contributed by atoms with van der Waals surface area (Å²) in [6.07, 6.45) is 5.09. The van der Waals surface area contributed by atoms with Crippen LogP contribution in [0.15, 0.2) is 16.3 Å². The van der Waals surface area contributed by atoms with Crippen molar-refractivity contribution in [2.45, 2.75) is 0 Å². The molecule has 0 saturated heterocycles. The fraction of sp³-hybridized carbons (Fsp3) is 0. The first kappa shape index (κ1) is 7.53.